The van der Waals surface area contributed by atoms with E-state index in [1.54, 1.807) is 13.8 Å². The van der Waals surface area contributed by atoms with Gasteiger partial charge in [0, 0.05) is 32.7 Å². The maximum atomic E-state index is 12.8. The number of piperazine rings is 1. The second kappa shape index (κ2) is 8.50. The van der Waals surface area contributed by atoms with E-state index in [0.717, 1.165) is 18.7 Å². The first kappa shape index (κ1) is 19.5. The fraction of sp³-hybridized carbons (Fsp3) is 0.714. The molecule has 1 fully saturated rings. The van der Waals surface area contributed by atoms with Gasteiger partial charge in [0.05, 0.1) is 0 Å². The molecule has 0 aliphatic carbocycles. The first-order valence-electron chi connectivity index (χ1n) is 7.82. The highest BCUT2D eigenvalue weighted by Gasteiger charge is 2.33. The second-order valence-electron chi connectivity index (χ2n) is 5.62. The molecule has 0 atom stereocenters. The number of aromatic nitrogens is 1. The van der Waals surface area contributed by atoms with E-state index in [-0.39, 0.29) is 4.90 Å². The zero-order valence-electron chi connectivity index (χ0n) is 14.2. The van der Waals surface area contributed by atoms with Crippen molar-refractivity contribution < 1.29 is 12.9 Å². The third-order valence-corrected chi connectivity index (χ3v) is 7.14. The number of thioether (sulfide) groups is 1. The van der Waals surface area contributed by atoms with Crippen LogP contribution in [0.5, 0.6) is 0 Å². The van der Waals surface area contributed by atoms with Gasteiger partial charge in [0.2, 0.25) is 10.0 Å². The van der Waals surface area contributed by atoms with Crippen LogP contribution in [0.1, 0.15) is 17.9 Å². The Bertz CT molecular complexity index is 647. The van der Waals surface area contributed by atoms with Gasteiger partial charge in [-0.2, -0.15) is 16.1 Å². The van der Waals surface area contributed by atoms with E-state index in [4.69, 9.17) is 16.7 Å². The van der Waals surface area contributed by atoms with Crippen molar-refractivity contribution in [2.45, 2.75) is 25.2 Å². The number of hydrogen-bond acceptors (Lipinski definition) is 6. The molecule has 2 heterocycles. The van der Waals surface area contributed by atoms with Gasteiger partial charge in [-0.1, -0.05) is 5.16 Å². The van der Waals surface area contributed by atoms with Crippen molar-refractivity contribution in [3.8, 4) is 0 Å². The summed E-state index contributed by atoms with van der Waals surface area (Å²) in [5.41, 5.74) is 0.404. The van der Waals surface area contributed by atoms with Gasteiger partial charge in [-0.3, -0.25) is 0 Å². The molecule has 7 nitrogen and oxygen atoms in total. The quantitative estimate of drug-likeness (QED) is 0.572. The summed E-state index contributed by atoms with van der Waals surface area (Å²) < 4.78 is 32.0. The molecule has 0 bridgehead atoms. The molecule has 0 spiro atoms. The SMILES string of the molecule is CSCCCNC(=S)N1CCN(S(=O)(=O)c2c(C)noc2C)CC1. The number of aryl methyl sites for hydroxylation is 2. The summed E-state index contributed by atoms with van der Waals surface area (Å²) in [6, 6.07) is 0. The van der Waals surface area contributed by atoms with E-state index >= 15 is 0 Å². The molecule has 1 aliphatic rings. The monoisotopic (exact) mass is 392 g/mol. The lowest BCUT2D eigenvalue weighted by atomic mass is 10.4. The van der Waals surface area contributed by atoms with E-state index < -0.39 is 10.0 Å². The standard InChI is InChI=1S/C14H24N4O3S3/c1-11-13(12(2)21-16-11)24(19,20)18-8-6-17(7-9-18)14(22)15-5-4-10-23-3/h4-10H2,1-3H3,(H,15,22). The predicted molar refractivity (Wildman–Crippen MR) is 99.9 cm³/mol. The molecule has 24 heavy (non-hydrogen) atoms. The highest BCUT2D eigenvalue weighted by Crippen LogP contribution is 2.24. The first-order chi connectivity index (χ1) is 11.4. The summed E-state index contributed by atoms with van der Waals surface area (Å²) in [6.45, 7) is 6.08. The topological polar surface area (TPSA) is 78.7 Å². The Morgan fingerprint density at radius 1 is 1.33 bits per heavy atom. The molecule has 0 aromatic carbocycles. The van der Waals surface area contributed by atoms with Crippen molar-refractivity contribution in [3.05, 3.63) is 11.5 Å². The van der Waals surface area contributed by atoms with E-state index in [9.17, 15) is 8.42 Å². The summed E-state index contributed by atoms with van der Waals surface area (Å²) in [5.74, 6) is 1.43. The number of hydrogen-bond donors (Lipinski definition) is 1. The fourth-order valence-electron chi connectivity index (χ4n) is 2.63. The minimum absolute atomic E-state index is 0.189. The minimum atomic E-state index is -3.57. The number of sulfonamides is 1. The molecule has 2 rings (SSSR count). The van der Waals surface area contributed by atoms with Crippen molar-refractivity contribution in [3.63, 3.8) is 0 Å². The van der Waals surface area contributed by atoms with Crippen LogP contribution in [0, 0.1) is 13.8 Å². The van der Waals surface area contributed by atoms with Gasteiger partial charge in [-0.25, -0.2) is 8.42 Å². The molecular weight excluding hydrogens is 368 g/mol. The molecular formula is C14H24N4O3S3. The van der Waals surface area contributed by atoms with Crippen LogP contribution in [0.3, 0.4) is 0 Å². The zero-order valence-corrected chi connectivity index (χ0v) is 16.7. The van der Waals surface area contributed by atoms with Crippen LogP contribution in [-0.4, -0.2) is 72.6 Å². The molecule has 1 saturated heterocycles. The van der Waals surface area contributed by atoms with Crippen LogP contribution in [-0.2, 0) is 10.0 Å². The van der Waals surface area contributed by atoms with Crippen LogP contribution in [0.2, 0.25) is 0 Å². The lowest BCUT2D eigenvalue weighted by Gasteiger charge is -2.35. The Balaban J connectivity index is 1.92. The van der Waals surface area contributed by atoms with Crippen molar-refractivity contribution in [1.82, 2.24) is 19.7 Å². The molecule has 1 N–H and O–H groups in total. The second-order valence-corrected chi connectivity index (χ2v) is 8.87. The van der Waals surface area contributed by atoms with Crippen LogP contribution in [0.4, 0.5) is 0 Å². The van der Waals surface area contributed by atoms with E-state index in [2.05, 4.69) is 16.7 Å². The average Bonchev–Trinajstić information content (AvgIpc) is 2.91. The van der Waals surface area contributed by atoms with Crippen LogP contribution in [0.15, 0.2) is 9.42 Å². The summed E-state index contributed by atoms with van der Waals surface area (Å²) >= 11 is 7.20. The molecule has 0 amide bonds. The van der Waals surface area contributed by atoms with Gasteiger partial charge in [0.1, 0.15) is 10.6 Å². The van der Waals surface area contributed by atoms with E-state index in [1.807, 2.05) is 16.7 Å². The Labute approximate surface area is 153 Å². The molecule has 136 valence electrons. The van der Waals surface area contributed by atoms with Gasteiger partial charge >= 0.3 is 0 Å². The predicted octanol–water partition coefficient (Wildman–Crippen LogP) is 1.23. The van der Waals surface area contributed by atoms with Crippen LogP contribution < -0.4 is 5.32 Å². The van der Waals surface area contributed by atoms with Crippen molar-refractivity contribution in [2.75, 3.05) is 44.7 Å². The van der Waals surface area contributed by atoms with E-state index in [0.29, 0.717) is 42.7 Å². The third kappa shape index (κ3) is 4.41. The summed E-state index contributed by atoms with van der Waals surface area (Å²) in [5, 5.41) is 7.68. The highest BCUT2D eigenvalue weighted by molar-refractivity contribution is 7.98. The maximum Gasteiger partial charge on any atom is 0.248 e. The molecule has 0 radical (unpaired) electrons. The Hall–Kier alpha value is -0.840. The number of thiocarbonyl (C=S) groups is 1. The van der Waals surface area contributed by atoms with Crippen molar-refractivity contribution >= 4 is 39.1 Å². The average molecular weight is 393 g/mol. The van der Waals surface area contributed by atoms with Crippen molar-refractivity contribution in [2.24, 2.45) is 0 Å². The number of nitrogens with one attached hydrogen (secondary N) is 1. The third-order valence-electron chi connectivity index (χ3n) is 3.89. The molecule has 0 unspecified atom stereocenters. The van der Waals surface area contributed by atoms with Gasteiger partial charge in [0.25, 0.3) is 0 Å². The van der Waals surface area contributed by atoms with Gasteiger partial charge < -0.3 is 14.7 Å². The summed E-state index contributed by atoms with van der Waals surface area (Å²) in [6.07, 6.45) is 3.14. The van der Waals surface area contributed by atoms with Crippen LogP contribution >= 0.6 is 24.0 Å². The molecule has 1 aliphatic heterocycles. The number of rotatable bonds is 6. The number of nitrogens with zero attached hydrogens (tertiary/aromatic N) is 3. The molecule has 10 heteroatoms. The lowest BCUT2D eigenvalue weighted by Crippen LogP contribution is -2.53. The van der Waals surface area contributed by atoms with Gasteiger partial charge in [-0.05, 0) is 44.5 Å². The Morgan fingerprint density at radius 3 is 2.54 bits per heavy atom. The fourth-order valence-corrected chi connectivity index (χ4v) is 5.06. The van der Waals surface area contributed by atoms with Gasteiger partial charge in [0.15, 0.2) is 10.9 Å². The van der Waals surface area contributed by atoms with Crippen molar-refractivity contribution in [1.29, 1.82) is 0 Å². The largest absolute Gasteiger partial charge is 0.363 e. The smallest absolute Gasteiger partial charge is 0.248 e. The highest BCUT2D eigenvalue weighted by atomic mass is 32.2. The lowest BCUT2D eigenvalue weighted by molar-refractivity contribution is 0.263. The molecule has 1 aromatic heterocycles. The van der Waals surface area contributed by atoms with Crippen LogP contribution in [0.25, 0.3) is 0 Å². The maximum absolute atomic E-state index is 12.8. The minimum Gasteiger partial charge on any atom is -0.363 e. The Kier molecular flexibility index (Phi) is 6.90. The Morgan fingerprint density at radius 2 is 2.00 bits per heavy atom. The zero-order chi connectivity index (χ0) is 17.7. The molecule has 0 saturated carbocycles. The van der Waals surface area contributed by atoms with E-state index in [1.165, 1.54) is 4.31 Å². The summed E-state index contributed by atoms with van der Waals surface area (Å²) in [4.78, 5) is 2.21. The van der Waals surface area contributed by atoms with Gasteiger partial charge in [-0.15, -0.1) is 0 Å². The molecule has 1 aromatic rings. The normalized spacial score (nSPS) is 16.4. The summed E-state index contributed by atoms with van der Waals surface area (Å²) in [7, 11) is -3.57. The first-order valence-corrected chi connectivity index (χ1v) is 11.1.